The normalized spacial score (nSPS) is 26.4. The molecule has 0 radical (unpaired) electrons. The Morgan fingerprint density at radius 3 is 2.20 bits per heavy atom. The SMILES string of the molecule is COc1cc(F)ccc1N(C1CC1)[C@H]1CC[C@@H](C)CC1. The van der Waals surface area contributed by atoms with E-state index in [2.05, 4.69) is 11.8 Å². The highest BCUT2D eigenvalue weighted by atomic mass is 19.1. The molecule has 1 aromatic carbocycles. The molecule has 2 saturated carbocycles. The predicted molar refractivity (Wildman–Crippen MR) is 79.9 cm³/mol. The Morgan fingerprint density at radius 1 is 1.05 bits per heavy atom. The van der Waals surface area contributed by atoms with Crippen LogP contribution in [0.5, 0.6) is 5.75 Å². The summed E-state index contributed by atoms with van der Waals surface area (Å²) in [5, 5.41) is 0. The molecule has 2 nitrogen and oxygen atoms in total. The van der Waals surface area contributed by atoms with Crippen molar-refractivity contribution in [2.75, 3.05) is 12.0 Å². The summed E-state index contributed by atoms with van der Waals surface area (Å²) in [6, 6.07) is 6.19. The van der Waals surface area contributed by atoms with E-state index in [9.17, 15) is 4.39 Å². The van der Waals surface area contributed by atoms with Gasteiger partial charge in [0.1, 0.15) is 11.6 Å². The topological polar surface area (TPSA) is 12.5 Å². The van der Waals surface area contributed by atoms with Crippen LogP contribution in [0.15, 0.2) is 18.2 Å². The van der Waals surface area contributed by atoms with Crippen LogP contribution in [0.25, 0.3) is 0 Å². The minimum atomic E-state index is -0.224. The fraction of sp³-hybridized carbons (Fsp3) is 0.647. The Bertz CT molecular complexity index is 464. The van der Waals surface area contributed by atoms with E-state index >= 15 is 0 Å². The van der Waals surface area contributed by atoms with Crippen LogP contribution < -0.4 is 9.64 Å². The van der Waals surface area contributed by atoms with Crippen LogP contribution in [0.1, 0.15) is 45.4 Å². The lowest BCUT2D eigenvalue weighted by atomic mass is 9.86. The molecule has 0 N–H and O–H groups in total. The van der Waals surface area contributed by atoms with Crippen molar-refractivity contribution in [2.45, 2.75) is 57.5 Å². The lowest BCUT2D eigenvalue weighted by molar-refractivity contribution is 0.329. The van der Waals surface area contributed by atoms with Gasteiger partial charge in [0.25, 0.3) is 0 Å². The van der Waals surface area contributed by atoms with E-state index in [4.69, 9.17) is 4.74 Å². The number of hydrogen-bond acceptors (Lipinski definition) is 2. The number of benzene rings is 1. The van der Waals surface area contributed by atoms with E-state index in [1.807, 2.05) is 6.07 Å². The number of anilines is 1. The summed E-state index contributed by atoms with van der Waals surface area (Å²) < 4.78 is 18.8. The molecule has 0 spiro atoms. The van der Waals surface area contributed by atoms with Crippen LogP contribution in [-0.2, 0) is 0 Å². The second kappa shape index (κ2) is 5.63. The van der Waals surface area contributed by atoms with Gasteiger partial charge in [-0.3, -0.25) is 0 Å². The molecule has 3 rings (SSSR count). The van der Waals surface area contributed by atoms with E-state index in [1.54, 1.807) is 13.2 Å². The molecule has 2 aliphatic carbocycles. The van der Waals surface area contributed by atoms with Gasteiger partial charge in [-0.15, -0.1) is 0 Å². The minimum absolute atomic E-state index is 0.224. The first-order chi connectivity index (χ1) is 9.69. The number of methoxy groups -OCH3 is 1. The second-order valence-electron chi connectivity index (χ2n) is 6.37. The maximum atomic E-state index is 13.4. The summed E-state index contributed by atoms with van der Waals surface area (Å²) in [4.78, 5) is 2.52. The molecule has 0 atom stereocenters. The van der Waals surface area contributed by atoms with E-state index in [-0.39, 0.29) is 5.82 Å². The van der Waals surface area contributed by atoms with Crippen molar-refractivity contribution in [3.8, 4) is 5.75 Å². The van der Waals surface area contributed by atoms with E-state index < -0.39 is 0 Å². The summed E-state index contributed by atoms with van der Waals surface area (Å²) in [7, 11) is 1.63. The summed E-state index contributed by atoms with van der Waals surface area (Å²) in [6.45, 7) is 2.34. The summed E-state index contributed by atoms with van der Waals surface area (Å²) in [6.07, 6.45) is 7.62. The smallest absolute Gasteiger partial charge is 0.145 e. The fourth-order valence-electron chi connectivity index (χ4n) is 3.43. The second-order valence-corrected chi connectivity index (χ2v) is 6.37. The van der Waals surface area contributed by atoms with Gasteiger partial charge in [-0.1, -0.05) is 6.92 Å². The monoisotopic (exact) mass is 277 g/mol. The van der Waals surface area contributed by atoms with Gasteiger partial charge in [0.2, 0.25) is 0 Å². The van der Waals surface area contributed by atoms with Crippen molar-refractivity contribution >= 4 is 5.69 Å². The summed E-state index contributed by atoms with van der Waals surface area (Å²) >= 11 is 0. The minimum Gasteiger partial charge on any atom is -0.494 e. The zero-order valence-corrected chi connectivity index (χ0v) is 12.4. The quantitative estimate of drug-likeness (QED) is 0.809. The first kappa shape index (κ1) is 13.7. The van der Waals surface area contributed by atoms with Gasteiger partial charge < -0.3 is 9.64 Å². The molecule has 3 heteroatoms. The average molecular weight is 277 g/mol. The molecule has 0 bridgehead atoms. The molecule has 110 valence electrons. The molecule has 0 amide bonds. The van der Waals surface area contributed by atoms with Crippen LogP contribution in [-0.4, -0.2) is 19.2 Å². The Labute approximate surface area is 120 Å². The van der Waals surface area contributed by atoms with E-state index in [0.29, 0.717) is 17.8 Å². The molecular weight excluding hydrogens is 253 g/mol. The van der Waals surface area contributed by atoms with Crippen LogP contribution >= 0.6 is 0 Å². The Morgan fingerprint density at radius 2 is 1.65 bits per heavy atom. The lowest BCUT2D eigenvalue weighted by Crippen LogP contribution is -2.39. The number of rotatable bonds is 4. The molecule has 2 aliphatic rings. The van der Waals surface area contributed by atoms with Gasteiger partial charge in [-0.25, -0.2) is 4.39 Å². The van der Waals surface area contributed by atoms with Gasteiger partial charge in [0.05, 0.1) is 12.8 Å². The standard InChI is InChI=1S/C17H24FNO/c1-12-3-6-14(7-4-12)19(15-8-9-15)16-10-5-13(18)11-17(16)20-2/h5,10-12,14-15H,3-4,6-9H2,1-2H3/t12-,14+. The number of nitrogens with zero attached hydrogens (tertiary/aromatic N) is 1. The molecular formula is C17H24FNO. The van der Waals surface area contributed by atoms with Crippen molar-refractivity contribution in [3.05, 3.63) is 24.0 Å². The predicted octanol–water partition coefficient (Wildman–Crippen LogP) is 4.38. The highest BCUT2D eigenvalue weighted by Gasteiger charge is 2.36. The molecule has 2 fully saturated rings. The Kier molecular flexibility index (Phi) is 3.86. The van der Waals surface area contributed by atoms with Crippen LogP contribution in [0.3, 0.4) is 0 Å². The van der Waals surface area contributed by atoms with Gasteiger partial charge >= 0.3 is 0 Å². The molecule has 0 unspecified atom stereocenters. The Balaban J connectivity index is 1.87. The van der Waals surface area contributed by atoms with Crippen molar-refractivity contribution in [1.29, 1.82) is 0 Å². The third-order valence-electron chi connectivity index (χ3n) is 4.74. The summed E-state index contributed by atoms with van der Waals surface area (Å²) in [5.41, 5.74) is 1.08. The molecule has 0 heterocycles. The lowest BCUT2D eigenvalue weighted by Gasteiger charge is -2.38. The maximum absolute atomic E-state index is 13.4. The van der Waals surface area contributed by atoms with Crippen molar-refractivity contribution in [2.24, 2.45) is 5.92 Å². The fourth-order valence-corrected chi connectivity index (χ4v) is 3.43. The molecule has 20 heavy (non-hydrogen) atoms. The highest BCUT2D eigenvalue weighted by molar-refractivity contribution is 5.61. The molecule has 0 aliphatic heterocycles. The molecule has 0 aromatic heterocycles. The van der Waals surface area contributed by atoms with Gasteiger partial charge in [0.15, 0.2) is 0 Å². The van der Waals surface area contributed by atoms with Crippen molar-refractivity contribution in [1.82, 2.24) is 0 Å². The molecule has 0 saturated heterocycles. The molecule has 1 aromatic rings. The van der Waals surface area contributed by atoms with Crippen molar-refractivity contribution < 1.29 is 9.13 Å². The van der Waals surface area contributed by atoms with Crippen LogP contribution in [0.2, 0.25) is 0 Å². The van der Waals surface area contributed by atoms with Crippen LogP contribution in [0, 0.1) is 11.7 Å². The van der Waals surface area contributed by atoms with Gasteiger partial charge in [-0.2, -0.15) is 0 Å². The summed E-state index contributed by atoms with van der Waals surface area (Å²) in [5.74, 6) is 1.30. The van der Waals surface area contributed by atoms with Crippen LogP contribution in [0.4, 0.5) is 10.1 Å². The van der Waals surface area contributed by atoms with E-state index in [0.717, 1.165) is 11.6 Å². The third kappa shape index (κ3) is 2.77. The largest absolute Gasteiger partial charge is 0.494 e. The first-order valence-corrected chi connectivity index (χ1v) is 7.81. The van der Waals surface area contributed by atoms with Gasteiger partial charge in [0, 0.05) is 18.2 Å². The average Bonchev–Trinajstić information content (AvgIpc) is 3.27. The van der Waals surface area contributed by atoms with Crippen molar-refractivity contribution in [3.63, 3.8) is 0 Å². The van der Waals surface area contributed by atoms with E-state index in [1.165, 1.54) is 44.6 Å². The van der Waals surface area contributed by atoms with Gasteiger partial charge in [-0.05, 0) is 56.6 Å². The zero-order valence-electron chi connectivity index (χ0n) is 12.4. The number of hydrogen-bond donors (Lipinski definition) is 0. The third-order valence-corrected chi connectivity index (χ3v) is 4.74. The highest BCUT2D eigenvalue weighted by Crippen LogP contribution is 2.42. The zero-order chi connectivity index (χ0) is 14.1. The maximum Gasteiger partial charge on any atom is 0.145 e. The number of ether oxygens (including phenoxy) is 1. The Hall–Kier alpha value is -1.25. The number of halogens is 1. The first-order valence-electron chi connectivity index (χ1n) is 7.81.